The zero-order valence-corrected chi connectivity index (χ0v) is 18.2. The van der Waals surface area contributed by atoms with Crippen molar-refractivity contribution >= 4 is 34.0 Å². The number of aromatic nitrogens is 1. The molecule has 1 aromatic heterocycles. The highest BCUT2D eigenvalue weighted by atomic mass is 16.2. The van der Waals surface area contributed by atoms with Gasteiger partial charge in [0, 0.05) is 28.7 Å². The van der Waals surface area contributed by atoms with Gasteiger partial charge in [-0.05, 0) is 59.3 Å². The van der Waals surface area contributed by atoms with E-state index in [0.717, 1.165) is 33.4 Å². The zero-order chi connectivity index (χ0) is 23.3. The van der Waals surface area contributed by atoms with E-state index >= 15 is 0 Å². The fourth-order valence-corrected chi connectivity index (χ4v) is 3.69. The minimum absolute atomic E-state index is 0.178. The molecule has 0 fully saturated rings. The summed E-state index contributed by atoms with van der Waals surface area (Å²) in [7, 11) is 0. The Morgan fingerprint density at radius 1 is 0.559 bits per heavy atom. The Bertz CT molecular complexity index is 1460. The smallest absolute Gasteiger partial charge is 0.257 e. The molecule has 1 heterocycles. The summed E-state index contributed by atoms with van der Waals surface area (Å²) >= 11 is 0. The lowest BCUT2D eigenvalue weighted by molar-refractivity contribution is 0.101. The number of fused-ring (bicyclic) bond motifs is 1. The van der Waals surface area contributed by atoms with Crippen molar-refractivity contribution < 1.29 is 9.59 Å². The van der Waals surface area contributed by atoms with Crippen molar-refractivity contribution in [2.45, 2.75) is 0 Å². The monoisotopic (exact) mass is 443 g/mol. The summed E-state index contributed by atoms with van der Waals surface area (Å²) in [4.78, 5) is 29.5. The van der Waals surface area contributed by atoms with Crippen molar-refractivity contribution in [2.24, 2.45) is 0 Å². The summed E-state index contributed by atoms with van der Waals surface area (Å²) in [6.07, 6.45) is 1.55. The number of para-hydroxylation sites is 1. The molecule has 0 atom stereocenters. The van der Waals surface area contributed by atoms with E-state index in [0.29, 0.717) is 11.1 Å². The molecule has 5 nitrogen and oxygen atoms in total. The number of pyridine rings is 1. The average molecular weight is 444 g/mol. The van der Waals surface area contributed by atoms with Crippen LogP contribution in [-0.4, -0.2) is 16.8 Å². The van der Waals surface area contributed by atoms with Crippen LogP contribution in [-0.2, 0) is 0 Å². The average Bonchev–Trinajstić information content (AvgIpc) is 2.89. The number of carbonyl (C=O) groups excluding carboxylic acids is 2. The number of carbonyl (C=O) groups is 2. The van der Waals surface area contributed by atoms with Gasteiger partial charge < -0.3 is 10.6 Å². The lowest BCUT2D eigenvalue weighted by Gasteiger charge is -2.08. The maximum atomic E-state index is 12.7. The van der Waals surface area contributed by atoms with Crippen LogP contribution in [0, 0.1) is 0 Å². The number of benzene rings is 4. The standard InChI is InChI=1S/C29H21N3O2/c33-28(32-26-16-14-20-6-4-5-7-23(20)18-26)22-12-10-21(11-13-22)27-17-15-24(19-30-27)29(34)31-25-8-2-1-3-9-25/h1-19H,(H,31,34)(H,32,33). The first-order valence-corrected chi connectivity index (χ1v) is 10.9. The van der Waals surface area contributed by atoms with Gasteiger partial charge in [-0.2, -0.15) is 0 Å². The number of anilines is 2. The Kier molecular flexibility index (Phi) is 5.82. The van der Waals surface area contributed by atoms with Gasteiger partial charge >= 0.3 is 0 Å². The van der Waals surface area contributed by atoms with Crippen LogP contribution in [0.15, 0.2) is 115 Å². The minimum Gasteiger partial charge on any atom is -0.322 e. The first-order valence-electron chi connectivity index (χ1n) is 10.9. The summed E-state index contributed by atoms with van der Waals surface area (Å²) in [6.45, 7) is 0. The number of hydrogen-bond acceptors (Lipinski definition) is 3. The molecular weight excluding hydrogens is 422 g/mol. The van der Waals surface area contributed by atoms with Crippen molar-refractivity contribution in [3.05, 3.63) is 127 Å². The van der Waals surface area contributed by atoms with E-state index in [1.165, 1.54) is 0 Å². The molecule has 164 valence electrons. The minimum atomic E-state index is -0.217. The molecule has 0 unspecified atom stereocenters. The Hall–Kier alpha value is -4.77. The van der Waals surface area contributed by atoms with Gasteiger partial charge in [-0.3, -0.25) is 14.6 Å². The van der Waals surface area contributed by atoms with Crippen molar-refractivity contribution in [1.82, 2.24) is 4.98 Å². The number of nitrogens with one attached hydrogen (secondary N) is 2. The van der Waals surface area contributed by atoms with Crippen molar-refractivity contribution in [3.63, 3.8) is 0 Å². The van der Waals surface area contributed by atoms with Crippen LogP contribution in [0.25, 0.3) is 22.0 Å². The maximum absolute atomic E-state index is 12.7. The molecule has 2 amide bonds. The van der Waals surface area contributed by atoms with Crippen LogP contribution in [0.5, 0.6) is 0 Å². The second kappa shape index (κ2) is 9.38. The van der Waals surface area contributed by atoms with Crippen LogP contribution >= 0.6 is 0 Å². The summed E-state index contributed by atoms with van der Waals surface area (Å²) in [5.74, 6) is -0.395. The summed E-state index contributed by atoms with van der Waals surface area (Å²) in [5.41, 5.74) is 4.08. The van der Waals surface area contributed by atoms with Crippen LogP contribution < -0.4 is 10.6 Å². The van der Waals surface area contributed by atoms with E-state index in [1.807, 2.05) is 84.9 Å². The Balaban J connectivity index is 1.26. The Morgan fingerprint density at radius 3 is 1.94 bits per heavy atom. The van der Waals surface area contributed by atoms with Crippen LogP contribution in [0.3, 0.4) is 0 Å². The predicted molar refractivity (Wildman–Crippen MR) is 136 cm³/mol. The van der Waals surface area contributed by atoms with Gasteiger partial charge in [0.15, 0.2) is 0 Å². The van der Waals surface area contributed by atoms with E-state index in [4.69, 9.17) is 0 Å². The molecule has 0 saturated heterocycles. The molecule has 0 bridgehead atoms. The van der Waals surface area contributed by atoms with Gasteiger partial charge in [-0.1, -0.05) is 60.7 Å². The normalized spacial score (nSPS) is 10.6. The van der Waals surface area contributed by atoms with Gasteiger partial charge in [0.25, 0.3) is 11.8 Å². The van der Waals surface area contributed by atoms with Gasteiger partial charge in [0.2, 0.25) is 0 Å². The fraction of sp³-hybridized carbons (Fsp3) is 0. The van der Waals surface area contributed by atoms with E-state index in [2.05, 4.69) is 15.6 Å². The topological polar surface area (TPSA) is 71.1 Å². The molecule has 34 heavy (non-hydrogen) atoms. The third kappa shape index (κ3) is 4.69. The third-order valence-electron chi connectivity index (χ3n) is 5.51. The van der Waals surface area contributed by atoms with E-state index in [1.54, 1.807) is 30.5 Å². The number of rotatable bonds is 5. The highest BCUT2D eigenvalue weighted by molar-refractivity contribution is 6.06. The highest BCUT2D eigenvalue weighted by Gasteiger charge is 2.10. The second-order valence-electron chi connectivity index (χ2n) is 7.85. The lowest BCUT2D eigenvalue weighted by Crippen LogP contribution is -2.12. The third-order valence-corrected chi connectivity index (χ3v) is 5.51. The van der Waals surface area contributed by atoms with Crippen LogP contribution in [0.1, 0.15) is 20.7 Å². The Morgan fingerprint density at radius 2 is 1.21 bits per heavy atom. The molecule has 0 spiro atoms. The first-order chi connectivity index (χ1) is 16.7. The predicted octanol–water partition coefficient (Wildman–Crippen LogP) is 6.41. The van der Waals surface area contributed by atoms with Gasteiger partial charge in [0.1, 0.15) is 0 Å². The molecule has 0 aliphatic rings. The molecule has 0 saturated carbocycles. The summed E-state index contributed by atoms with van der Waals surface area (Å²) in [6, 6.07) is 33.9. The fourth-order valence-electron chi connectivity index (χ4n) is 3.69. The molecule has 2 N–H and O–H groups in total. The second-order valence-corrected chi connectivity index (χ2v) is 7.85. The van der Waals surface area contributed by atoms with Gasteiger partial charge in [-0.15, -0.1) is 0 Å². The van der Waals surface area contributed by atoms with Crippen LogP contribution in [0.2, 0.25) is 0 Å². The largest absolute Gasteiger partial charge is 0.322 e. The molecule has 0 aliphatic carbocycles. The maximum Gasteiger partial charge on any atom is 0.257 e. The molecule has 5 aromatic rings. The molecule has 4 aromatic carbocycles. The van der Waals surface area contributed by atoms with Gasteiger partial charge in [-0.25, -0.2) is 0 Å². The molecule has 0 aliphatic heterocycles. The molecule has 5 heteroatoms. The lowest BCUT2D eigenvalue weighted by atomic mass is 10.1. The van der Waals surface area contributed by atoms with E-state index in [-0.39, 0.29) is 11.8 Å². The highest BCUT2D eigenvalue weighted by Crippen LogP contribution is 2.21. The van der Waals surface area contributed by atoms with E-state index < -0.39 is 0 Å². The molecule has 5 rings (SSSR count). The van der Waals surface area contributed by atoms with Crippen molar-refractivity contribution in [3.8, 4) is 11.3 Å². The Labute approximate surface area is 197 Å². The van der Waals surface area contributed by atoms with Crippen LogP contribution in [0.4, 0.5) is 11.4 Å². The SMILES string of the molecule is O=C(Nc1ccc2ccccc2c1)c1ccc(-c2ccc(C(=O)Nc3ccccc3)cn2)cc1. The van der Waals surface area contributed by atoms with Crippen molar-refractivity contribution in [1.29, 1.82) is 0 Å². The van der Waals surface area contributed by atoms with Gasteiger partial charge in [0.05, 0.1) is 11.3 Å². The molecular formula is C29H21N3O2. The number of hydrogen-bond donors (Lipinski definition) is 2. The summed E-state index contributed by atoms with van der Waals surface area (Å²) in [5, 5.41) is 7.99. The number of nitrogens with zero attached hydrogens (tertiary/aromatic N) is 1. The van der Waals surface area contributed by atoms with Crippen molar-refractivity contribution in [2.75, 3.05) is 10.6 Å². The number of amides is 2. The van der Waals surface area contributed by atoms with E-state index in [9.17, 15) is 9.59 Å². The zero-order valence-electron chi connectivity index (χ0n) is 18.2. The summed E-state index contributed by atoms with van der Waals surface area (Å²) < 4.78 is 0. The molecule has 0 radical (unpaired) electrons. The first kappa shape index (κ1) is 21.1. The quantitative estimate of drug-likeness (QED) is 0.330.